The molecule has 2 unspecified atom stereocenters. The number of aryl methyl sites for hydroxylation is 1. The van der Waals surface area contributed by atoms with E-state index < -0.39 is 0 Å². The third-order valence-corrected chi connectivity index (χ3v) is 4.04. The van der Waals surface area contributed by atoms with E-state index in [0.29, 0.717) is 12.1 Å². The first-order valence-electron chi connectivity index (χ1n) is 7.69. The van der Waals surface area contributed by atoms with Crippen LogP contribution in [0.1, 0.15) is 43.7 Å². The fourth-order valence-corrected chi connectivity index (χ4v) is 2.94. The van der Waals surface area contributed by atoms with Gasteiger partial charge in [0, 0.05) is 12.6 Å². The summed E-state index contributed by atoms with van der Waals surface area (Å²) in [6, 6.07) is 9.25. The molecule has 0 radical (unpaired) electrons. The van der Waals surface area contributed by atoms with Gasteiger partial charge in [0.2, 0.25) is 0 Å². The molecule has 1 N–H and O–H groups in total. The van der Waals surface area contributed by atoms with E-state index in [4.69, 9.17) is 4.74 Å². The molecule has 1 fully saturated rings. The molecule has 1 aliphatic heterocycles. The lowest BCUT2D eigenvalue weighted by Crippen LogP contribution is -2.36. The van der Waals surface area contributed by atoms with Crippen molar-refractivity contribution in [2.45, 2.75) is 58.1 Å². The summed E-state index contributed by atoms with van der Waals surface area (Å²) in [4.78, 5) is 0. The van der Waals surface area contributed by atoms with Crippen LogP contribution in [0, 0.1) is 6.92 Å². The van der Waals surface area contributed by atoms with Crippen LogP contribution >= 0.6 is 0 Å². The van der Waals surface area contributed by atoms with Crippen molar-refractivity contribution < 1.29 is 4.74 Å². The predicted molar refractivity (Wildman–Crippen MR) is 80.6 cm³/mol. The normalized spacial score (nSPS) is 21.3. The van der Waals surface area contributed by atoms with Gasteiger partial charge in [-0.15, -0.1) is 0 Å². The van der Waals surface area contributed by atoms with Crippen molar-refractivity contribution in [3.8, 4) is 0 Å². The van der Waals surface area contributed by atoms with Crippen molar-refractivity contribution in [2.75, 3.05) is 13.2 Å². The number of hydrogen-bond donors (Lipinski definition) is 1. The van der Waals surface area contributed by atoms with Crippen molar-refractivity contribution in [3.05, 3.63) is 35.4 Å². The van der Waals surface area contributed by atoms with Crippen molar-refractivity contribution in [3.63, 3.8) is 0 Å². The van der Waals surface area contributed by atoms with Gasteiger partial charge in [-0.3, -0.25) is 0 Å². The second kappa shape index (κ2) is 7.66. The Morgan fingerprint density at radius 2 is 2.16 bits per heavy atom. The molecule has 0 aliphatic carbocycles. The van der Waals surface area contributed by atoms with Crippen LogP contribution in [-0.4, -0.2) is 25.3 Å². The van der Waals surface area contributed by atoms with E-state index in [1.807, 2.05) is 0 Å². The molecule has 0 aromatic heterocycles. The molecule has 1 aromatic carbocycles. The molecule has 2 atom stereocenters. The Balaban J connectivity index is 1.93. The standard InChI is InChI=1S/C17H27NO/c1-3-18-16(13-17-10-6-7-11-19-17)12-15-9-5-4-8-14(15)2/h4-5,8-9,16-18H,3,6-7,10-13H2,1-2H3. The topological polar surface area (TPSA) is 21.3 Å². The molecular formula is C17H27NO. The van der Waals surface area contributed by atoms with Crippen molar-refractivity contribution >= 4 is 0 Å². The van der Waals surface area contributed by atoms with Gasteiger partial charge in [0.25, 0.3) is 0 Å². The fraction of sp³-hybridized carbons (Fsp3) is 0.647. The molecule has 0 spiro atoms. The number of benzene rings is 1. The van der Waals surface area contributed by atoms with Gasteiger partial charge in [-0.05, 0) is 56.7 Å². The van der Waals surface area contributed by atoms with Crippen molar-refractivity contribution in [2.24, 2.45) is 0 Å². The first kappa shape index (κ1) is 14.5. The van der Waals surface area contributed by atoms with Crippen LogP contribution in [0.15, 0.2) is 24.3 Å². The molecule has 0 bridgehead atoms. The van der Waals surface area contributed by atoms with E-state index >= 15 is 0 Å². The second-order valence-corrected chi connectivity index (χ2v) is 5.61. The Hall–Kier alpha value is -0.860. The van der Waals surface area contributed by atoms with Gasteiger partial charge in [0.1, 0.15) is 0 Å². The highest BCUT2D eigenvalue weighted by Crippen LogP contribution is 2.19. The first-order valence-corrected chi connectivity index (χ1v) is 7.69. The summed E-state index contributed by atoms with van der Waals surface area (Å²) in [5.41, 5.74) is 2.86. The molecule has 2 rings (SSSR count). The zero-order chi connectivity index (χ0) is 13.5. The summed E-state index contributed by atoms with van der Waals surface area (Å²) in [5.74, 6) is 0. The van der Waals surface area contributed by atoms with E-state index in [9.17, 15) is 0 Å². The molecule has 2 heteroatoms. The average Bonchev–Trinajstić information content (AvgIpc) is 2.43. The summed E-state index contributed by atoms with van der Waals surface area (Å²) < 4.78 is 5.88. The van der Waals surface area contributed by atoms with Gasteiger partial charge in [0.05, 0.1) is 6.10 Å². The largest absolute Gasteiger partial charge is 0.378 e. The Kier molecular flexibility index (Phi) is 5.87. The number of likely N-dealkylation sites (N-methyl/N-ethyl adjacent to an activating group) is 1. The highest BCUT2D eigenvalue weighted by molar-refractivity contribution is 5.26. The minimum atomic E-state index is 0.460. The molecule has 1 aliphatic rings. The minimum absolute atomic E-state index is 0.460. The quantitative estimate of drug-likeness (QED) is 0.846. The minimum Gasteiger partial charge on any atom is -0.378 e. The summed E-state index contributed by atoms with van der Waals surface area (Å²) >= 11 is 0. The van der Waals surface area contributed by atoms with Gasteiger partial charge >= 0.3 is 0 Å². The fourth-order valence-electron chi connectivity index (χ4n) is 2.94. The van der Waals surface area contributed by atoms with Crippen molar-refractivity contribution in [1.29, 1.82) is 0 Å². The maximum absolute atomic E-state index is 5.88. The van der Waals surface area contributed by atoms with E-state index in [1.165, 1.54) is 30.4 Å². The molecule has 106 valence electrons. The van der Waals surface area contributed by atoms with Crippen LogP contribution in [0.25, 0.3) is 0 Å². The zero-order valence-electron chi connectivity index (χ0n) is 12.3. The monoisotopic (exact) mass is 261 g/mol. The number of ether oxygens (including phenoxy) is 1. The summed E-state index contributed by atoms with van der Waals surface area (Å²) in [6.07, 6.45) is 6.51. The predicted octanol–water partition coefficient (Wildman–Crippen LogP) is 3.47. The van der Waals surface area contributed by atoms with E-state index in [-0.39, 0.29) is 0 Å². The molecule has 1 saturated heterocycles. The molecule has 19 heavy (non-hydrogen) atoms. The van der Waals surface area contributed by atoms with Gasteiger partial charge in [-0.2, -0.15) is 0 Å². The van der Waals surface area contributed by atoms with E-state index in [0.717, 1.165) is 26.0 Å². The van der Waals surface area contributed by atoms with Crippen molar-refractivity contribution in [1.82, 2.24) is 5.32 Å². The van der Waals surface area contributed by atoms with Crippen LogP contribution < -0.4 is 5.32 Å². The third-order valence-electron chi connectivity index (χ3n) is 4.04. The summed E-state index contributed by atoms with van der Waals surface area (Å²) in [7, 11) is 0. The maximum atomic E-state index is 5.88. The second-order valence-electron chi connectivity index (χ2n) is 5.61. The molecule has 1 heterocycles. The SMILES string of the molecule is CCNC(Cc1ccccc1C)CC1CCCCO1. The first-order chi connectivity index (χ1) is 9.29. The Bertz CT molecular complexity index is 371. The molecule has 0 saturated carbocycles. The van der Waals surface area contributed by atoms with Gasteiger partial charge < -0.3 is 10.1 Å². The molecular weight excluding hydrogens is 234 g/mol. The summed E-state index contributed by atoms with van der Waals surface area (Å²) in [6.45, 7) is 6.37. The van der Waals surface area contributed by atoms with Crippen LogP contribution in [0.3, 0.4) is 0 Å². The Morgan fingerprint density at radius 1 is 1.32 bits per heavy atom. The Morgan fingerprint density at radius 3 is 2.84 bits per heavy atom. The summed E-state index contributed by atoms with van der Waals surface area (Å²) in [5, 5.41) is 3.63. The van der Waals surface area contributed by atoms with E-state index in [1.54, 1.807) is 0 Å². The van der Waals surface area contributed by atoms with Gasteiger partial charge in [0.15, 0.2) is 0 Å². The van der Waals surface area contributed by atoms with Gasteiger partial charge in [-0.1, -0.05) is 31.2 Å². The lowest BCUT2D eigenvalue weighted by atomic mass is 9.95. The lowest BCUT2D eigenvalue weighted by molar-refractivity contribution is 0.00534. The van der Waals surface area contributed by atoms with Crippen LogP contribution in [0.4, 0.5) is 0 Å². The van der Waals surface area contributed by atoms with E-state index in [2.05, 4.69) is 43.4 Å². The zero-order valence-corrected chi connectivity index (χ0v) is 12.3. The Labute approximate surface area is 117 Å². The molecule has 1 aromatic rings. The smallest absolute Gasteiger partial charge is 0.0590 e. The average molecular weight is 261 g/mol. The highest BCUT2D eigenvalue weighted by Gasteiger charge is 2.19. The molecule has 2 nitrogen and oxygen atoms in total. The number of nitrogens with one attached hydrogen (secondary N) is 1. The van der Waals surface area contributed by atoms with Crippen LogP contribution in [-0.2, 0) is 11.2 Å². The van der Waals surface area contributed by atoms with Crippen LogP contribution in [0.5, 0.6) is 0 Å². The van der Waals surface area contributed by atoms with Gasteiger partial charge in [-0.25, -0.2) is 0 Å². The maximum Gasteiger partial charge on any atom is 0.0590 e. The highest BCUT2D eigenvalue weighted by atomic mass is 16.5. The number of rotatable bonds is 6. The lowest BCUT2D eigenvalue weighted by Gasteiger charge is -2.28. The van der Waals surface area contributed by atoms with Crippen LogP contribution in [0.2, 0.25) is 0 Å². The molecule has 0 amide bonds. The third kappa shape index (κ3) is 4.63. The number of hydrogen-bond acceptors (Lipinski definition) is 2.